The molecule has 2 aromatic carbocycles. The van der Waals surface area contributed by atoms with Gasteiger partial charge in [-0.3, -0.25) is 9.78 Å². The Labute approximate surface area is 182 Å². The van der Waals surface area contributed by atoms with Gasteiger partial charge in [0, 0.05) is 27.8 Å². The van der Waals surface area contributed by atoms with Crippen LogP contribution in [0.2, 0.25) is 0 Å². The van der Waals surface area contributed by atoms with E-state index in [9.17, 15) is 4.79 Å². The number of carbonyl (C=O) groups excluding carboxylic acids is 1. The van der Waals surface area contributed by atoms with E-state index in [2.05, 4.69) is 37.3 Å². The molecule has 7 heteroatoms. The zero-order chi connectivity index (χ0) is 21.1. The monoisotopic (exact) mass is 462 g/mol. The highest BCUT2D eigenvalue weighted by Gasteiger charge is 2.06. The second kappa shape index (κ2) is 8.51. The molecule has 150 valence electrons. The number of hydrogen-bond donors (Lipinski definition) is 2. The minimum atomic E-state index is -0.431. The van der Waals surface area contributed by atoms with E-state index in [0.717, 1.165) is 32.4 Å². The summed E-state index contributed by atoms with van der Waals surface area (Å²) in [6, 6.07) is 19.1. The summed E-state index contributed by atoms with van der Waals surface area (Å²) in [5.41, 5.74) is 8.78. The summed E-state index contributed by atoms with van der Waals surface area (Å²) in [6.45, 7) is 2.05. The normalized spacial score (nSPS) is 10.7. The maximum absolute atomic E-state index is 11.1. The van der Waals surface area contributed by atoms with Crippen LogP contribution in [0, 0.1) is 6.92 Å². The number of anilines is 2. The fourth-order valence-corrected chi connectivity index (χ4v) is 3.28. The van der Waals surface area contributed by atoms with Crippen LogP contribution in [0.15, 0.2) is 71.3 Å². The lowest BCUT2D eigenvalue weighted by Crippen LogP contribution is -2.14. The SMILES string of the molecule is Cc1cc(Nc2ccc3cc(Oc4ccnc(CC(N)=O)c4)ccc3n2)ccc1Br. The zero-order valence-corrected chi connectivity index (χ0v) is 17.8. The number of hydrogen-bond acceptors (Lipinski definition) is 5. The Morgan fingerprint density at radius 3 is 2.70 bits per heavy atom. The van der Waals surface area contributed by atoms with E-state index in [-0.39, 0.29) is 6.42 Å². The number of aromatic nitrogens is 2. The van der Waals surface area contributed by atoms with Crippen molar-refractivity contribution in [3.63, 3.8) is 0 Å². The summed E-state index contributed by atoms with van der Waals surface area (Å²) >= 11 is 3.51. The molecule has 6 nitrogen and oxygen atoms in total. The minimum Gasteiger partial charge on any atom is -0.457 e. The second-order valence-corrected chi connectivity index (χ2v) is 7.72. The van der Waals surface area contributed by atoms with Crippen LogP contribution in [0.25, 0.3) is 10.9 Å². The Bertz CT molecular complexity index is 1240. The number of nitrogens with two attached hydrogens (primary N) is 1. The number of rotatable bonds is 6. The molecule has 1 amide bonds. The van der Waals surface area contributed by atoms with Gasteiger partial charge in [-0.1, -0.05) is 15.9 Å². The average molecular weight is 463 g/mol. The fourth-order valence-electron chi connectivity index (χ4n) is 3.04. The Kier molecular flexibility index (Phi) is 5.63. The number of benzene rings is 2. The van der Waals surface area contributed by atoms with Gasteiger partial charge in [-0.2, -0.15) is 0 Å². The van der Waals surface area contributed by atoms with Crippen LogP contribution in [0.3, 0.4) is 0 Å². The van der Waals surface area contributed by atoms with Crippen molar-refractivity contribution in [1.29, 1.82) is 0 Å². The van der Waals surface area contributed by atoms with Crippen molar-refractivity contribution in [2.75, 3.05) is 5.32 Å². The number of pyridine rings is 2. The van der Waals surface area contributed by atoms with Crippen LogP contribution in [0.4, 0.5) is 11.5 Å². The summed E-state index contributed by atoms with van der Waals surface area (Å²) in [4.78, 5) is 19.9. The largest absolute Gasteiger partial charge is 0.457 e. The third-order valence-electron chi connectivity index (χ3n) is 4.47. The van der Waals surface area contributed by atoms with E-state index in [1.165, 1.54) is 0 Å². The highest BCUT2D eigenvalue weighted by Crippen LogP contribution is 2.27. The number of amides is 1. The van der Waals surface area contributed by atoms with Crippen molar-refractivity contribution in [3.8, 4) is 11.5 Å². The van der Waals surface area contributed by atoms with Gasteiger partial charge in [0.15, 0.2) is 0 Å². The van der Waals surface area contributed by atoms with Gasteiger partial charge in [0.2, 0.25) is 5.91 Å². The first-order valence-electron chi connectivity index (χ1n) is 9.31. The molecule has 0 aliphatic rings. The minimum absolute atomic E-state index is 0.0759. The van der Waals surface area contributed by atoms with Gasteiger partial charge < -0.3 is 15.8 Å². The molecule has 4 rings (SSSR count). The molecule has 0 aliphatic heterocycles. The number of fused-ring (bicyclic) bond motifs is 1. The lowest BCUT2D eigenvalue weighted by molar-refractivity contribution is -0.117. The van der Waals surface area contributed by atoms with Gasteiger partial charge in [-0.25, -0.2) is 4.98 Å². The van der Waals surface area contributed by atoms with Crippen molar-refractivity contribution in [1.82, 2.24) is 9.97 Å². The molecule has 0 spiro atoms. The van der Waals surface area contributed by atoms with Crippen molar-refractivity contribution in [2.24, 2.45) is 5.73 Å². The quantitative estimate of drug-likeness (QED) is 0.407. The molecule has 0 atom stereocenters. The third-order valence-corrected chi connectivity index (χ3v) is 5.36. The summed E-state index contributed by atoms with van der Waals surface area (Å²) in [5.74, 6) is 1.60. The lowest BCUT2D eigenvalue weighted by Gasteiger charge is -2.10. The van der Waals surface area contributed by atoms with Gasteiger partial charge in [0.1, 0.15) is 17.3 Å². The summed E-state index contributed by atoms with van der Waals surface area (Å²) < 4.78 is 6.99. The summed E-state index contributed by atoms with van der Waals surface area (Å²) in [7, 11) is 0. The number of nitrogens with zero attached hydrogens (tertiary/aromatic N) is 2. The molecule has 0 saturated heterocycles. The summed E-state index contributed by atoms with van der Waals surface area (Å²) in [6.07, 6.45) is 1.67. The number of halogens is 1. The van der Waals surface area contributed by atoms with Gasteiger partial charge >= 0.3 is 0 Å². The maximum Gasteiger partial charge on any atom is 0.223 e. The molecule has 3 N–H and O–H groups in total. The van der Waals surface area contributed by atoms with Crippen LogP contribution in [-0.2, 0) is 11.2 Å². The molecule has 0 fully saturated rings. The number of carbonyl (C=O) groups is 1. The zero-order valence-electron chi connectivity index (χ0n) is 16.2. The van der Waals surface area contributed by atoms with Crippen molar-refractivity contribution in [3.05, 3.63) is 82.6 Å². The van der Waals surface area contributed by atoms with Crippen molar-refractivity contribution in [2.45, 2.75) is 13.3 Å². The molecular weight excluding hydrogens is 444 g/mol. The highest BCUT2D eigenvalue weighted by molar-refractivity contribution is 9.10. The molecular formula is C23H19BrN4O2. The van der Waals surface area contributed by atoms with Crippen LogP contribution in [0.1, 0.15) is 11.3 Å². The van der Waals surface area contributed by atoms with E-state index in [4.69, 9.17) is 10.5 Å². The van der Waals surface area contributed by atoms with E-state index < -0.39 is 5.91 Å². The lowest BCUT2D eigenvalue weighted by atomic mass is 10.2. The Morgan fingerprint density at radius 1 is 1.07 bits per heavy atom. The first kappa shape index (κ1) is 19.8. The average Bonchev–Trinajstić information content (AvgIpc) is 2.71. The Hall–Kier alpha value is -3.45. The molecule has 4 aromatic rings. The molecule has 0 bridgehead atoms. The number of nitrogens with one attached hydrogen (secondary N) is 1. The van der Waals surface area contributed by atoms with E-state index in [1.54, 1.807) is 18.3 Å². The van der Waals surface area contributed by atoms with Gasteiger partial charge in [0.25, 0.3) is 0 Å². The van der Waals surface area contributed by atoms with E-state index in [1.807, 2.05) is 49.4 Å². The molecule has 0 aliphatic carbocycles. The molecule has 30 heavy (non-hydrogen) atoms. The second-order valence-electron chi connectivity index (χ2n) is 6.87. The third kappa shape index (κ3) is 4.75. The van der Waals surface area contributed by atoms with Crippen molar-refractivity contribution >= 4 is 44.2 Å². The van der Waals surface area contributed by atoms with E-state index in [0.29, 0.717) is 17.2 Å². The first-order chi connectivity index (χ1) is 14.5. The Morgan fingerprint density at radius 2 is 1.90 bits per heavy atom. The topological polar surface area (TPSA) is 90.1 Å². The molecule has 0 radical (unpaired) electrons. The number of primary amides is 1. The molecule has 2 heterocycles. The molecule has 0 saturated carbocycles. The van der Waals surface area contributed by atoms with E-state index >= 15 is 0 Å². The highest BCUT2D eigenvalue weighted by atomic mass is 79.9. The standard InChI is InChI=1S/C23H19BrN4O2/c1-14-10-16(3-5-20(14)24)27-23-7-2-15-11-18(4-6-21(15)28-23)30-19-8-9-26-17(12-19)13-22(25)29/h2-12H,13H2,1H3,(H2,25,29)(H,27,28). The number of ether oxygens (including phenoxy) is 1. The molecule has 2 aromatic heterocycles. The van der Waals surface area contributed by atoms with Crippen LogP contribution in [0.5, 0.6) is 11.5 Å². The van der Waals surface area contributed by atoms with Crippen LogP contribution < -0.4 is 15.8 Å². The predicted molar refractivity (Wildman–Crippen MR) is 121 cm³/mol. The fraction of sp³-hybridized carbons (Fsp3) is 0.0870. The predicted octanol–water partition coefficient (Wildman–Crippen LogP) is 5.26. The van der Waals surface area contributed by atoms with Gasteiger partial charge in [0.05, 0.1) is 17.6 Å². The van der Waals surface area contributed by atoms with Gasteiger partial charge in [-0.05, 0) is 67.1 Å². The smallest absolute Gasteiger partial charge is 0.223 e. The van der Waals surface area contributed by atoms with Crippen LogP contribution in [-0.4, -0.2) is 15.9 Å². The maximum atomic E-state index is 11.1. The number of aryl methyl sites for hydroxylation is 1. The first-order valence-corrected chi connectivity index (χ1v) is 10.1. The van der Waals surface area contributed by atoms with Gasteiger partial charge in [-0.15, -0.1) is 0 Å². The Balaban J connectivity index is 1.53. The van der Waals surface area contributed by atoms with Crippen LogP contribution >= 0.6 is 15.9 Å². The van der Waals surface area contributed by atoms with Crippen molar-refractivity contribution < 1.29 is 9.53 Å². The molecule has 0 unspecified atom stereocenters. The summed E-state index contributed by atoms with van der Waals surface area (Å²) in [5, 5.41) is 4.29.